The number of hydrogen-bond donors (Lipinski definition) is 0. The van der Waals surface area contributed by atoms with E-state index in [1.807, 2.05) is 0 Å². The lowest BCUT2D eigenvalue weighted by Gasteiger charge is -2.20. The van der Waals surface area contributed by atoms with Gasteiger partial charge in [-0.2, -0.15) is 0 Å². The van der Waals surface area contributed by atoms with E-state index in [1.165, 1.54) is 17.0 Å². The Hall–Kier alpha value is -0.320. The molecule has 0 radical (unpaired) electrons. The summed E-state index contributed by atoms with van der Waals surface area (Å²) in [6, 6.07) is 4.24. The molecule has 0 atom stereocenters. The number of rotatable bonds is 5. The summed E-state index contributed by atoms with van der Waals surface area (Å²) in [5, 5.41) is 0. The van der Waals surface area contributed by atoms with Crippen molar-refractivity contribution >= 4 is 45.0 Å². The SMILES string of the molecule is O=C(c1cc(Br)ccc1F)N(CCCl)CCCl. The zero-order chi connectivity index (χ0) is 12.8. The van der Waals surface area contributed by atoms with Crippen LogP contribution in [0.2, 0.25) is 0 Å². The van der Waals surface area contributed by atoms with Crippen molar-refractivity contribution in [2.45, 2.75) is 0 Å². The molecular weight excluding hydrogens is 332 g/mol. The van der Waals surface area contributed by atoms with E-state index in [0.29, 0.717) is 17.6 Å². The second kappa shape index (κ2) is 7.19. The van der Waals surface area contributed by atoms with Crippen LogP contribution in [0.3, 0.4) is 0 Å². The van der Waals surface area contributed by atoms with E-state index in [0.717, 1.165) is 0 Å². The molecule has 1 amide bonds. The highest BCUT2D eigenvalue weighted by molar-refractivity contribution is 9.10. The quantitative estimate of drug-likeness (QED) is 0.750. The van der Waals surface area contributed by atoms with Crippen LogP contribution in [0.1, 0.15) is 10.4 Å². The first kappa shape index (κ1) is 14.7. The Labute approximate surface area is 118 Å². The standard InChI is InChI=1S/C11H11BrCl2FNO/c12-8-1-2-10(15)9(7-8)11(17)16(5-3-13)6-4-14/h1-2,7H,3-6H2. The van der Waals surface area contributed by atoms with Gasteiger partial charge in [-0.05, 0) is 18.2 Å². The van der Waals surface area contributed by atoms with Gasteiger partial charge in [-0.1, -0.05) is 15.9 Å². The maximum atomic E-state index is 13.5. The average molecular weight is 343 g/mol. The van der Waals surface area contributed by atoms with Crippen LogP contribution < -0.4 is 0 Å². The van der Waals surface area contributed by atoms with Crippen LogP contribution in [0.25, 0.3) is 0 Å². The fourth-order valence-electron chi connectivity index (χ4n) is 1.35. The normalized spacial score (nSPS) is 10.4. The molecule has 0 saturated carbocycles. The Morgan fingerprint density at radius 1 is 1.29 bits per heavy atom. The molecule has 0 aliphatic heterocycles. The highest BCUT2D eigenvalue weighted by Gasteiger charge is 2.18. The number of halogens is 4. The average Bonchev–Trinajstić information content (AvgIpc) is 2.31. The van der Waals surface area contributed by atoms with E-state index in [2.05, 4.69) is 15.9 Å². The topological polar surface area (TPSA) is 20.3 Å². The molecule has 0 aromatic heterocycles. The van der Waals surface area contributed by atoms with Gasteiger partial charge in [0.25, 0.3) is 5.91 Å². The van der Waals surface area contributed by atoms with Gasteiger partial charge in [-0.15, -0.1) is 23.2 Å². The largest absolute Gasteiger partial charge is 0.336 e. The molecule has 1 aromatic rings. The number of hydrogen-bond acceptors (Lipinski definition) is 1. The highest BCUT2D eigenvalue weighted by Crippen LogP contribution is 2.17. The molecule has 0 spiro atoms. The fraction of sp³-hybridized carbons (Fsp3) is 0.364. The molecule has 0 aliphatic rings. The van der Waals surface area contributed by atoms with Crippen LogP contribution in [0, 0.1) is 5.82 Å². The predicted octanol–water partition coefficient (Wildman–Crippen LogP) is 3.51. The summed E-state index contributed by atoms with van der Waals surface area (Å²) < 4.78 is 14.2. The predicted molar refractivity (Wildman–Crippen MR) is 71.4 cm³/mol. The number of alkyl halides is 2. The summed E-state index contributed by atoms with van der Waals surface area (Å²) >= 11 is 14.4. The molecule has 0 fully saturated rings. The van der Waals surface area contributed by atoms with Gasteiger partial charge < -0.3 is 4.90 Å². The monoisotopic (exact) mass is 341 g/mol. The molecule has 17 heavy (non-hydrogen) atoms. The van der Waals surface area contributed by atoms with Crippen LogP contribution in [0.4, 0.5) is 4.39 Å². The van der Waals surface area contributed by atoms with Gasteiger partial charge in [0.2, 0.25) is 0 Å². The van der Waals surface area contributed by atoms with E-state index in [4.69, 9.17) is 23.2 Å². The van der Waals surface area contributed by atoms with Crippen LogP contribution in [0.15, 0.2) is 22.7 Å². The zero-order valence-corrected chi connectivity index (χ0v) is 12.0. The van der Waals surface area contributed by atoms with E-state index in [1.54, 1.807) is 6.07 Å². The van der Waals surface area contributed by atoms with Gasteiger partial charge in [-0.3, -0.25) is 4.79 Å². The van der Waals surface area contributed by atoms with Crippen LogP contribution in [-0.2, 0) is 0 Å². The molecule has 2 nitrogen and oxygen atoms in total. The molecule has 0 N–H and O–H groups in total. The lowest BCUT2D eigenvalue weighted by molar-refractivity contribution is 0.0770. The number of amides is 1. The summed E-state index contributed by atoms with van der Waals surface area (Å²) in [4.78, 5) is 13.5. The maximum absolute atomic E-state index is 13.5. The Bertz CT molecular complexity index is 397. The maximum Gasteiger partial charge on any atom is 0.256 e. The van der Waals surface area contributed by atoms with Crippen molar-refractivity contribution in [2.24, 2.45) is 0 Å². The summed E-state index contributed by atoms with van der Waals surface area (Å²) in [6.07, 6.45) is 0. The second-order valence-corrected chi connectivity index (χ2v) is 4.97. The molecular formula is C11H11BrCl2FNO. The van der Waals surface area contributed by atoms with Crippen LogP contribution >= 0.6 is 39.1 Å². The van der Waals surface area contributed by atoms with Crippen molar-refractivity contribution in [3.05, 3.63) is 34.1 Å². The minimum absolute atomic E-state index is 0.0228. The molecule has 0 bridgehead atoms. The highest BCUT2D eigenvalue weighted by atomic mass is 79.9. The molecule has 0 unspecified atom stereocenters. The molecule has 1 rings (SSSR count). The van der Waals surface area contributed by atoms with Gasteiger partial charge in [0, 0.05) is 29.3 Å². The summed E-state index contributed by atoms with van der Waals surface area (Å²) in [6.45, 7) is 0.693. The third-order valence-corrected chi connectivity index (χ3v) is 2.99. The smallest absolute Gasteiger partial charge is 0.256 e. The van der Waals surface area contributed by atoms with E-state index in [9.17, 15) is 9.18 Å². The minimum atomic E-state index is -0.549. The van der Waals surface area contributed by atoms with E-state index in [-0.39, 0.29) is 17.3 Å². The van der Waals surface area contributed by atoms with E-state index < -0.39 is 11.7 Å². The number of nitrogens with zero attached hydrogens (tertiary/aromatic N) is 1. The van der Waals surface area contributed by atoms with Crippen molar-refractivity contribution in [3.8, 4) is 0 Å². The second-order valence-electron chi connectivity index (χ2n) is 3.29. The van der Waals surface area contributed by atoms with Crippen molar-refractivity contribution in [1.29, 1.82) is 0 Å². The first-order chi connectivity index (χ1) is 8.10. The van der Waals surface area contributed by atoms with Crippen LogP contribution in [0.5, 0.6) is 0 Å². The van der Waals surface area contributed by atoms with Crippen molar-refractivity contribution in [3.63, 3.8) is 0 Å². The fourth-order valence-corrected chi connectivity index (χ4v) is 2.12. The summed E-state index contributed by atoms with van der Waals surface area (Å²) in [7, 11) is 0. The molecule has 0 heterocycles. The number of carbonyl (C=O) groups is 1. The summed E-state index contributed by atoms with van der Waals surface area (Å²) in [5.41, 5.74) is 0.0228. The molecule has 1 aromatic carbocycles. The van der Waals surface area contributed by atoms with E-state index >= 15 is 0 Å². The summed E-state index contributed by atoms with van der Waals surface area (Å²) in [5.74, 6) is -0.367. The Balaban J connectivity index is 2.95. The minimum Gasteiger partial charge on any atom is -0.336 e. The Morgan fingerprint density at radius 3 is 2.41 bits per heavy atom. The molecule has 6 heteroatoms. The Kier molecular flexibility index (Phi) is 6.23. The van der Waals surface area contributed by atoms with Crippen LogP contribution in [-0.4, -0.2) is 35.7 Å². The van der Waals surface area contributed by atoms with Crippen molar-refractivity contribution in [2.75, 3.05) is 24.8 Å². The first-order valence-electron chi connectivity index (χ1n) is 4.96. The van der Waals surface area contributed by atoms with Gasteiger partial charge in [-0.25, -0.2) is 4.39 Å². The third-order valence-electron chi connectivity index (χ3n) is 2.15. The van der Waals surface area contributed by atoms with Crippen molar-refractivity contribution in [1.82, 2.24) is 4.90 Å². The first-order valence-corrected chi connectivity index (χ1v) is 6.82. The Morgan fingerprint density at radius 2 is 1.88 bits per heavy atom. The third kappa shape index (κ3) is 4.12. The van der Waals surface area contributed by atoms with Gasteiger partial charge in [0.1, 0.15) is 5.82 Å². The number of benzene rings is 1. The van der Waals surface area contributed by atoms with Gasteiger partial charge >= 0.3 is 0 Å². The molecule has 0 saturated heterocycles. The zero-order valence-electron chi connectivity index (χ0n) is 8.93. The number of carbonyl (C=O) groups excluding carboxylic acids is 1. The lowest BCUT2D eigenvalue weighted by atomic mass is 10.2. The van der Waals surface area contributed by atoms with Gasteiger partial charge in [0.05, 0.1) is 5.56 Å². The van der Waals surface area contributed by atoms with Crippen molar-refractivity contribution < 1.29 is 9.18 Å². The molecule has 94 valence electrons. The van der Waals surface area contributed by atoms with Gasteiger partial charge in [0.15, 0.2) is 0 Å². The molecule has 0 aliphatic carbocycles. The lowest BCUT2D eigenvalue weighted by Crippen LogP contribution is -2.35.